The van der Waals surface area contributed by atoms with Gasteiger partial charge in [0.2, 0.25) is 5.91 Å². The second-order valence-electron chi connectivity index (χ2n) is 6.70. The number of hydrogen-bond acceptors (Lipinski definition) is 4. The number of carboxylic acids is 1. The van der Waals surface area contributed by atoms with Crippen LogP contribution in [0.4, 0.5) is 5.69 Å². The summed E-state index contributed by atoms with van der Waals surface area (Å²) in [5.41, 5.74) is 1.71. The number of aliphatic carboxylic acids is 1. The van der Waals surface area contributed by atoms with Crippen molar-refractivity contribution in [3.8, 4) is 0 Å². The fourth-order valence-corrected chi connectivity index (χ4v) is 3.36. The second kappa shape index (κ2) is 10.1. The van der Waals surface area contributed by atoms with E-state index in [-0.39, 0.29) is 36.9 Å². The molecule has 0 spiro atoms. The maximum absolute atomic E-state index is 12.6. The Labute approximate surface area is 165 Å². The average Bonchev–Trinajstić information content (AvgIpc) is 2.57. The summed E-state index contributed by atoms with van der Waals surface area (Å²) in [6.07, 6.45) is 1.72. The van der Waals surface area contributed by atoms with Crippen molar-refractivity contribution in [1.82, 2.24) is 9.80 Å². The Morgan fingerprint density at radius 2 is 2.00 bits per heavy atom. The van der Waals surface area contributed by atoms with E-state index in [1.807, 2.05) is 31.9 Å². The summed E-state index contributed by atoms with van der Waals surface area (Å²) < 4.78 is 0. The lowest BCUT2D eigenvalue weighted by Crippen LogP contribution is -2.50. The van der Waals surface area contributed by atoms with Crippen molar-refractivity contribution in [2.24, 2.45) is 0 Å². The molecule has 2 N–H and O–H groups in total. The summed E-state index contributed by atoms with van der Waals surface area (Å²) in [7, 11) is 1.84. The Morgan fingerprint density at radius 3 is 2.58 bits per heavy atom. The molecule has 0 aromatic heterocycles. The smallest absolute Gasteiger partial charge is 0.317 e. The number of carbonyl (C=O) groups is 2. The number of likely N-dealkylation sites (N-methyl/N-ethyl adjacent to an activating group) is 1. The van der Waals surface area contributed by atoms with Crippen molar-refractivity contribution in [3.63, 3.8) is 0 Å². The third-order valence-corrected chi connectivity index (χ3v) is 5.13. The summed E-state index contributed by atoms with van der Waals surface area (Å²) in [4.78, 5) is 27.4. The number of likely N-dealkylation sites (tertiary alicyclic amines) is 1. The Balaban J connectivity index is 0.00000338. The van der Waals surface area contributed by atoms with E-state index in [0.717, 1.165) is 37.2 Å². The second-order valence-corrected chi connectivity index (χ2v) is 7.14. The van der Waals surface area contributed by atoms with Crippen molar-refractivity contribution in [2.75, 3.05) is 32.0 Å². The minimum absolute atomic E-state index is 0. The maximum Gasteiger partial charge on any atom is 0.317 e. The molecule has 146 valence electrons. The van der Waals surface area contributed by atoms with Gasteiger partial charge in [-0.3, -0.25) is 19.4 Å². The molecule has 1 atom stereocenters. The first-order valence-corrected chi connectivity index (χ1v) is 8.89. The molecule has 0 radical (unpaired) electrons. The number of carbonyl (C=O) groups excluding carboxylic acids is 1. The van der Waals surface area contributed by atoms with Crippen LogP contribution < -0.4 is 5.32 Å². The molecule has 2 rings (SSSR count). The van der Waals surface area contributed by atoms with E-state index in [1.165, 1.54) is 0 Å². The summed E-state index contributed by atoms with van der Waals surface area (Å²) in [6, 6.07) is 5.44. The van der Waals surface area contributed by atoms with E-state index in [4.69, 9.17) is 16.7 Å². The molecule has 1 heterocycles. The molecule has 8 heteroatoms. The Morgan fingerprint density at radius 1 is 1.38 bits per heavy atom. The summed E-state index contributed by atoms with van der Waals surface area (Å²) in [6.45, 7) is 5.43. The van der Waals surface area contributed by atoms with Crippen molar-refractivity contribution in [2.45, 2.75) is 38.8 Å². The topological polar surface area (TPSA) is 72.9 Å². The van der Waals surface area contributed by atoms with Crippen molar-refractivity contribution in [1.29, 1.82) is 0 Å². The molecule has 26 heavy (non-hydrogen) atoms. The molecule has 1 aliphatic rings. The number of aryl methyl sites for hydroxylation is 1. The zero-order valence-electron chi connectivity index (χ0n) is 15.4. The normalized spacial score (nSPS) is 16.8. The highest BCUT2D eigenvalue weighted by molar-refractivity contribution is 6.31. The van der Waals surface area contributed by atoms with Gasteiger partial charge in [-0.2, -0.15) is 0 Å². The van der Waals surface area contributed by atoms with Crippen LogP contribution in [0.5, 0.6) is 0 Å². The van der Waals surface area contributed by atoms with Crippen molar-refractivity contribution >= 4 is 41.6 Å². The van der Waals surface area contributed by atoms with Crippen LogP contribution in [0.3, 0.4) is 0 Å². The Hall–Kier alpha value is -1.34. The molecule has 1 saturated heterocycles. The number of rotatable bonds is 6. The van der Waals surface area contributed by atoms with E-state index >= 15 is 0 Å². The highest BCUT2D eigenvalue weighted by atomic mass is 35.5. The van der Waals surface area contributed by atoms with Gasteiger partial charge in [0.25, 0.3) is 0 Å². The van der Waals surface area contributed by atoms with Crippen LogP contribution in [0.15, 0.2) is 18.2 Å². The van der Waals surface area contributed by atoms with Gasteiger partial charge in [-0.05, 0) is 51.4 Å². The number of nitrogens with zero attached hydrogens (tertiary/aromatic N) is 2. The highest BCUT2D eigenvalue weighted by Crippen LogP contribution is 2.22. The van der Waals surface area contributed by atoms with Gasteiger partial charge in [0.1, 0.15) is 0 Å². The maximum atomic E-state index is 12.6. The van der Waals surface area contributed by atoms with Crippen LogP contribution in [-0.4, -0.2) is 65.5 Å². The van der Waals surface area contributed by atoms with Crippen LogP contribution in [0.1, 0.15) is 25.3 Å². The quantitative estimate of drug-likeness (QED) is 0.763. The van der Waals surface area contributed by atoms with Crippen molar-refractivity contribution in [3.05, 3.63) is 28.8 Å². The summed E-state index contributed by atoms with van der Waals surface area (Å²) >= 11 is 6.00. The third kappa shape index (κ3) is 6.13. The number of amides is 1. The van der Waals surface area contributed by atoms with Gasteiger partial charge in [0, 0.05) is 29.8 Å². The predicted molar refractivity (Wildman–Crippen MR) is 106 cm³/mol. The number of piperidine rings is 1. The van der Waals surface area contributed by atoms with Gasteiger partial charge in [0.05, 0.1) is 12.6 Å². The molecule has 0 saturated carbocycles. The largest absolute Gasteiger partial charge is 0.480 e. The van der Waals surface area contributed by atoms with E-state index in [1.54, 1.807) is 12.1 Å². The van der Waals surface area contributed by atoms with Gasteiger partial charge < -0.3 is 10.4 Å². The number of benzene rings is 1. The van der Waals surface area contributed by atoms with Crippen LogP contribution >= 0.6 is 24.0 Å². The Bertz CT molecular complexity index is 634. The first-order valence-electron chi connectivity index (χ1n) is 8.51. The number of hydrogen-bond donors (Lipinski definition) is 2. The van der Waals surface area contributed by atoms with Crippen LogP contribution in [0.25, 0.3) is 0 Å². The minimum atomic E-state index is -0.811. The molecular formula is C18H27Cl2N3O3. The highest BCUT2D eigenvalue weighted by Gasteiger charge is 2.28. The molecule has 1 fully saturated rings. The molecule has 1 aromatic carbocycles. The fourth-order valence-electron chi connectivity index (χ4n) is 3.19. The van der Waals surface area contributed by atoms with Gasteiger partial charge in [-0.15, -0.1) is 12.4 Å². The summed E-state index contributed by atoms with van der Waals surface area (Å²) in [5, 5.41) is 12.4. The SMILES string of the molecule is Cc1ccc(Cl)cc1NC(=O)C(C)N1CCC(N(C)CC(=O)O)CC1.Cl. The molecule has 1 aromatic rings. The van der Waals surface area contributed by atoms with Crippen LogP contribution in [0, 0.1) is 6.92 Å². The number of anilines is 1. The molecule has 1 unspecified atom stereocenters. The monoisotopic (exact) mass is 403 g/mol. The first-order chi connectivity index (χ1) is 11.8. The number of halogens is 2. The lowest BCUT2D eigenvalue weighted by molar-refractivity contribution is -0.138. The van der Waals surface area contributed by atoms with Gasteiger partial charge >= 0.3 is 5.97 Å². The van der Waals surface area contributed by atoms with E-state index in [9.17, 15) is 9.59 Å². The molecule has 0 aliphatic carbocycles. The van der Waals surface area contributed by atoms with E-state index in [2.05, 4.69) is 10.2 Å². The van der Waals surface area contributed by atoms with Crippen LogP contribution in [0.2, 0.25) is 5.02 Å². The van der Waals surface area contributed by atoms with E-state index in [0.29, 0.717) is 5.02 Å². The van der Waals surface area contributed by atoms with Crippen LogP contribution in [-0.2, 0) is 9.59 Å². The molecule has 6 nitrogen and oxygen atoms in total. The average molecular weight is 404 g/mol. The van der Waals surface area contributed by atoms with Gasteiger partial charge in [-0.25, -0.2) is 0 Å². The number of carboxylic acid groups (broad SMARTS) is 1. The molecule has 0 bridgehead atoms. The molecule has 1 amide bonds. The predicted octanol–water partition coefficient (Wildman–Crippen LogP) is 2.88. The number of nitrogens with one attached hydrogen (secondary N) is 1. The lowest BCUT2D eigenvalue weighted by atomic mass is 10.0. The third-order valence-electron chi connectivity index (χ3n) is 4.89. The van der Waals surface area contributed by atoms with Gasteiger partial charge in [0.15, 0.2) is 0 Å². The first kappa shape index (κ1) is 22.7. The zero-order valence-corrected chi connectivity index (χ0v) is 16.9. The molecular weight excluding hydrogens is 377 g/mol. The standard InChI is InChI=1S/C18H26ClN3O3.ClH/c1-12-4-5-14(19)10-16(12)20-18(25)13(2)22-8-6-15(7-9-22)21(3)11-17(23)24;/h4-5,10,13,15H,6-9,11H2,1-3H3,(H,20,25)(H,23,24);1H. The lowest BCUT2D eigenvalue weighted by Gasteiger charge is -2.38. The zero-order chi connectivity index (χ0) is 18.6. The fraction of sp³-hybridized carbons (Fsp3) is 0.556. The Kier molecular flexibility index (Phi) is 8.83. The van der Waals surface area contributed by atoms with E-state index < -0.39 is 5.97 Å². The minimum Gasteiger partial charge on any atom is -0.480 e. The molecule has 1 aliphatic heterocycles. The summed E-state index contributed by atoms with van der Waals surface area (Å²) in [5.74, 6) is -0.864. The van der Waals surface area contributed by atoms with Crippen molar-refractivity contribution < 1.29 is 14.7 Å². The van der Waals surface area contributed by atoms with Gasteiger partial charge in [-0.1, -0.05) is 17.7 Å².